The second kappa shape index (κ2) is 10.4. The molecule has 2 amide bonds. The van der Waals surface area contributed by atoms with E-state index in [0.717, 1.165) is 22.8 Å². The van der Waals surface area contributed by atoms with Gasteiger partial charge in [0.25, 0.3) is 0 Å². The van der Waals surface area contributed by atoms with Crippen molar-refractivity contribution in [2.45, 2.75) is 45.3 Å². The predicted octanol–water partition coefficient (Wildman–Crippen LogP) is 5.06. The normalized spacial score (nSPS) is 12.4. The Balaban J connectivity index is 1.63. The number of pyridine rings is 1. The molecule has 0 radical (unpaired) electrons. The highest BCUT2D eigenvalue weighted by Crippen LogP contribution is 2.31. The molecular weight excluding hydrogens is 476 g/mol. The number of nitrogens with one attached hydrogen (secondary N) is 1. The van der Waals surface area contributed by atoms with Crippen LogP contribution in [-0.4, -0.2) is 37.3 Å². The van der Waals surface area contributed by atoms with Crippen molar-refractivity contribution in [2.24, 2.45) is 0 Å². The van der Waals surface area contributed by atoms with Crippen molar-refractivity contribution in [3.8, 4) is 0 Å². The maximum atomic E-state index is 14.1. The number of carbonyl (C=O) groups is 2. The van der Waals surface area contributed by atoms with Gasteiger partial charge >= 0.3 is 0 Å². The molecule has 1 N–H and O–H groups in total. The summed E-state index contributed by atoms with van der Waals surface area (Å²) in [6.07, 6.45) is 2.47. The molecule has 0 aliphatic rings. The van der Waals surface area contributed by atoms with Gasteiger partial charge in [-0.15, -0.1) is 5.10 Å². The molecule has 8 nitrogen and oxygen atoms in total. The van der Waals surface area contributed by atoms with Crippen LogP contribution in [0.15, 0.2) is 91.1 Å². The molecule has 38 heavy (non-hydrogen) atoms. The number of hydrogen-bond acceptors (Lipinski definition) is 5. The Morgan fingerprint density at radius 1 is 0.947 bits per heavy atom. The topological polar surface area (TPSA) is 93.0 Å². The van der Waals surface area contributed by atoms with Crippen LogP contribution in [0.2, 0.25) is 0 Å². The second-order valence-corrected chi connectivity index (χ2v) is 9.92. The van der Waals surface area contributed by atoms with Crippen LogP contribution in [0.3, 0.4) is 0 Å². The van der Waals surface area contributed by atoms with Crippen molar-refractivity contribution in [3.05, 3.63) is 96.7 Å². The third-order valence-corrected chi connectivity index (χ3v) is 6.80. The number of hydrogen-bond donors (Lipinski definition) is 1. The highest BCUT2D eigenvalue weighted by molar-refractivity contribution is 6.02. The predicted molar refractivity (Wildman–Crippen MR) is 148 cm³/mol. The summed E-state index contributed by atoms with van der Waals surface area (Å²) in [7, 11) is 0. The molecule has 8 heteroatoms. The lowest BCUT2D eigenvalue weighted by atomic mass is 9.97. The molecule has 3 aromatic carbocycles. The lowest BCUT2D eigenvalue weighted by Crippen LogP contribution is -2.51. The molecule has 0 saturated carbocycles. The van der Waals surface area contributed by atoms with Gasteiger partial charge in [-0.1, -0.05) is 54.6 Å². The van der Waals surface area contributed by atoms with Crippen LogP contribution in [0, 0.1) is 0 Å². The van der Waals surface area contributed by atoms with Gasteiger partial charge in [-0.3, -0.25) is 19.5 Å². The quantitative estimate of drug-likeness (QED) is 0.318. The molecule has 5 rings (SSSR count). The lowest BCUT2D eigenvalue weighted by molar-refractivity contribution is -0.128. The summed E-state index contributed by atoms with van der Waals surface area (Å²) in [4.78, 5) is 34.1. The number of amides is 2. The van der Waals surface area contributed by atoms with Crippen LogP contribution in [0.25, 0.3) is 21.9 Å². The number of anilines is 1. The number of nitrogens with zero attached hydrogens (tertiary/aromatic N) is 5. The molecule has 5 aromatic rings. The van der Waals surface area contributed by atoms with Crippen LogP contribution in [0.4, 0.5) is 5.69 Å². The van der Waals surface area contributed by atoms with Crippen molar-refractivity contribution >= 4 is 39.4 Å². The van der Waals surface area contributed by atoms with Crippen molar-refractivity contribution in [1.82, 2.24) is 25.3 Å². The van der Waals surface area contributed by atoms with E-state index < -0.39 is 11.6 Å². The first kappa shape index (κ1) is 25.1. The van der Waals surface area contributed by atoms with Crippen LogP contribution in [-0.2, 0) is 16.1 Å². The average Bonchev–Trinajstić information content (AvgIpc) is 3.34. The smallest absolute Gasteiger partial charge is 0.249 e. The van der Waals surface area contributed by atoms with E-state index in [1.54, 1.807) is 15.8 Å². The molecule has 0 bridgehead atoms. The first-order chi connectivity index (χ1) is 18.4. The number of aromatic nitrogens is 4. The van der Waals surface area contributed by atoms with Gasteiger partial charge in [-0.2, -0.15) is 0 Å². The van der Waals surface area contributed by atoms with E-state index in [1.807, 2.05) is 106 Å². The van der Waals surface area contributed by atoms with Gasteiger partial charge in [-0.05, 0) is 68.3 Å². The minimum Gasteiger partial charge on any atom is -0.349 e. The van der Waals surface area contributed by atoms with Gasteiger partial charge in [-0.25, -0.2) is 4.68 Å². The summed E-state index contributed by atoms with van der Waals surface area (Å²) in [5.41, 5.74) is 3.11. The van der Waals surface area contributed by atoms with E-state index in [2.05, 4.69) is 20.6 Å². The maximum absolute atomic E-state index is 14.1. The van der Waals surface area contributed by atoms with Crippen LogP contribution < -0.4 is 10.2 Å². The van der Waals surface area contributed by atoms with Crippen LogP contribution in [0.1, 0.15) is 38.8 Å². The Morgan fingerprint density at radius 3 is 2.50 bits per heavy atom. The van der Waals surface area contributed by atoms with Gasteiger partial charge in [0.05, 0.1) is 11.0 Å². The van der Waals surface area contributed by atoms with Crippen molar-refractivity contribution < 1.29 is 9.59 Å². The molecule has 2 aromatic heterocycles. The van der Waals surface area contributed by atoms with Crippen molar-refractivity contribution in [3.63, 3.8) is 0 Å². The van der Waals surface area contributed by atoms with Crippen molar-refractivity contribution in [2.75, 3.05) is 4.90 Å². The van der Waals surface area contributed by atoms with Crippen molar-refractivity contribution in [1.29, 1.82) is 0 Å². The van der Waals surface area contributed by atoms with E-state index in [0.29, 0.717) is 16.8 Å². The van der Waals surface area contributed by atoms with Gasteiger partial charge in [0.1, 0.15) is 18.1 Å². The SMILES string of the molecule is CCC(C)(C)NC(=O)[C@@H](c1ccc2ncccc2c1)N(C(=O)Cn1nnc2ccccc21)c1ccccc1. The van der Waals surface area contributed by atoms with E-state index in [9.17, 15) is 9.59 Å². The minimum absolute atomic E-state index is 0.0779. The van der Waals surface area contributed by atoms with E-state index in [1.165, 1.54) is 0 Å². The maximum Gasteiger partial charge on any atom is 0.249 e. The number of fused-ring (bicyclic) bond motifs is 2. The fraction of sp³-hybridized carbons (Fsp3) is 0.233. The highest BCUT2D eigenvalue weighted by Gasteiger charge is 2.35. The third-order valence-electron chi connectivity index (χ3n) is 6.80. The molecule has 0 spiro atoms. The molecule has 0 unspecified atom stereocenters. The standard InChI is InChI=1S/C30H30N6O2/c1-4-30(2,3)32-29(38)28(22-16-17-24-21(19-22)11-10-18-31-24)36(23-12-6-5-7-13-23)27(37)20-35-26-15-9-8-14-25(26)33-34-35/h5-19,28H,4,20H2,1-3H3,(H,32,38)/t28-/m1/s1. The first-order valence-electron chi connectivity index (χ1n) is 12.7. The van der Waals surface area contributed by atoms with Gasteiger partial charge in [0.15, 0.2) is 0 Å². The fourth-order valence-electron chi connectivity index (χ4n) is 4.44. The monoisotopic (exact) mass is 506 g/mol. The summed E-state index contributed by atoms with van der Waals surface area (Å²) in [5, 5.41) is 12.5. The Hall–Kier alpha value is -4.59. The molecule has 0 aliphatic carbocycles. The Morgan fingerprint density at radius 2 is 1.71 bits per heavy atom. The number of rotatable bonds is 8. The van der Waals surface area contributed by atoms with Crippen LogP contribution >= 0.6 is 0 Å². The second-order valence-electron chi connectivity index (χ2n) is 9.92. The van der Waals surface area contributed by atoms with E-state index in [4.69, 9.17) is 0 Å². The van der Waals surface area contributed by atoms with Gasteiger partial charge < -0.3 is 5.32 Å². The molecule has 1 atom stereocenters. The Labute approximate surface area is 221 Å². The average molecular weight is 507 g/mol. The fourth-order valence-corrected chi connectivity index (χ4v) is 4.44. The summed E-state index contributed by atoms with van der Waals surface area (Å²) in [5.74, 6) is -0.548. The minimum atomic E-state index is -0.921. The summed E-state index contributed by atoms with van der Waals surface area (Å²) in [6.45, 7) is 5.89. The Kier molecular flexibility index (Phi) is 6.87. The van der Waals surface area contributed by atoms with Gasteiger partial charge in [0.2, 0.25) is 11.8 Å². The van der Waals surface area contributed by atoms with Crippen LogP contribution in [0.5, 0.6) is 0 Å². The zero-order valence-electron chi connectivity index (χ0n) is 21.7. The highest BCUT2D eigenvalue weighted by atomic mass is 16.2. The largest absolute Gasteiger partial charge is 0.349 e. The number of para-hydroxylation sites is 2. The first-order valence-corrected chi connectivity index (χ1v) is 12.7. The van der Waals surface area contributed by atoms with E-state index >= 15 is 0 Å². The summed E-state index contributed by atoms with van der Waals surface area (Å²) >= 11 is 0. The zero-order valence-corrected chi connectivity index (χ0v) is 21.7. The zero-order chi connectivity index (χ0) is 26.7. The summed E-state index contributed by atoms with van der Waals surface area (Å²) in [6, 6.07) is 25.3. The molecule has 0 fully saturated rings. The molecule has 192 valence electrons. The number of carbonyl (C=O) groups excluding carboxylic acids is 2. The molecule has 2 heterocycles. The Bertz CT molecular complexity index is 1590. The van der Waals surface area contributed by atoms with E-state index in [-0.39, 0.29) is 18.4 Å². The molecule has 0 aliphatic heterocycles. The number of benzene rings is 3. The molecular formula is C30H30N6O2. The van der Waals surface area contributed by atoms with Gasteiger partial charge in [0, 0.05) is 22.8 Å². The summed E-state index contributed by atoms with van der Waals surface area (Å²) < 4.78 is 1.57. The third kappa shape index (κ3) is 5.11. The lowest BCUT2D eigenvalue weighted by Gasteiger charge is -2.34. The molecule has 0 saturated heterocycles.